The van der Waals surface area contributed by atoms with Crippen molar-refractivity contribution in [2.75, 3.05) is 18.5 Å². The first-order chi connectivity index (χ1) is 13.1. The van der Waals surface area contributed by atoms with Crippen molar-refractivity contribution in [3.8, 4) is 11.5 Å². The third kappa shape index (κ3) is 4.51. The van der Waals surface area contributed by atoms with E-state index in [4.69, 9.17) is 14.3 Å². The second-order valence-electron chi connectivity index (χ2n) is 6.05. The van der Waals surface area contributed by atoms with Crippen molar-refractivity contribution in [2.45, 2.75) is 20.0 Å². The summed E-state index contributed by atoms with van der Waals surface area (Å²) >= 11 is 0. The molecule has 1 aromatic heterocycles. The summed E-state index contributed by atoms with van der Waals surface area (Å²) < 4.78 is 11.1. The summed E-state index contributed by atoms with van der Waals surface area (Å²) in [5.41, 5.74) is 2.90. The fourth-order valence-electron chi connectivity index (χ4n) is 2.49. The average molecular weight is 367 g/mol. The lowest BCUT2D eigenvalue weighted by atomic mass is 10.1. The molecule has 1 heterocycles. The van der Waals surface area contributed by atoms with Gasteiger partial charge in [0.05, 0.1) is 12.2 Å². The van der Waals surface area contributed by atoms with Crippen LogP contribution < -0.4 is 5.32 Å². The zero-order chi connectivity index (χ0) is 19.2. The summed E-state index contributed by atoms with van der Waals surface area (Å²) in [5.74, 6) is 0.0799. The van der Waals surface area contributed by atoms with Crippen LogP contribution >= 0.6 is 0 Å². The van der Waals surface area contributed by atoms with E-state index in [1.54, 1.807) is 31.2 Å². The minimum Gasteiger partial charge on any atom is -0.449 e. The molecule has 0 aliphatic heterocycles. The number of aliphatic hydroxyl groups is 1. The van der Waals surface area contributed by atoms with E-state index in [0.717, 1.165) is 11.1 Å². The molecule has 1 atom stereocenters. The van der Waals surface area contributed by atoms with E-state index in [9.17, 15) is 4.79 Å². The number of hydrogen-bond donors (Lipinski definition) is 2. The number of ether oxygens (including phenoxy) is 1. The van der Waals surface area contributed by atoms with Gasteiger partial charge < -0.3 is 19.6 Å². The van der Waals surface area contributed by atoms with Gasteiger partial charge in [0.25, 0.3) is 5.89 Å². The van der Waals surface area contributed by atoms with Crippen molar-refractivity contribution in [3.63, 3.8) is 0 Å². The Balaban J connectivity index is 1.71. The molecular weight excluding hydrogens is 346 g/mol. The number of benzene rings is 2. The minimum atomic E-state index is -0.699. The van der Waals surface area contributed by atoms with Crippen molar-refractivity contribution in [3.05, 3.63) is 65.5 Å². The summed E-state index contributed by atoms with van der Waals surface area (Å²) in [4.78, 5) is 12.5. The molecule has 0 aliphatic rings. The molecular formula is C20H21N3O4. The van der Waals surface area contributed by atoms with E-state index >= 15 is 0 Å². The number of aryl methyl sites for hydroxylation is 1. The molecule has 0 fully saturated rings. The number of carbonyl (C=O) groups is 1. The van der Waals surface area contributed by atoms with Gasteiger partial charge in [0.2, 0.25) is 5.89 Å². The Morgan fingerprint density at radius 2 is 1.93 bits per heavy atom. The molecule has 1 unspecified atom stereocenters. The van der Waals surface area contributed by atoms with Crippen LogP contribution in [-0.2, 0) is 4.74 Å². The number of anilines is 1. The summed E-state index contributed by atoms with van der Waals surface area (Å²) in [6, 6.07) is 14.6. The quantitative estimate of drug-likeness (QED) is 0.618. The van der Waals surface area contributed by atoms with Crippen LogP contribution in [0.15, 0.2) is 52.9 Å². The zero-order valence-corrected chi connectivity index (χ0v) is 15.2. The summed E-state index contributed by atoms with van der Waals surface area (Å²) in [6.45, 7) is 3.97. The van der Waals surface area contributed by atoms with Crippen LogP contribution in [0.1, 0.15) is 34.8 Å². The van der Waals surface area contributed by atoms with Crippen LogP contribution in [0.4, 0.5) is 5.69 Å². The van der Waals surface area contributed by atoms with E-state index in [2.05, 4.69) is 15.5 Å². The van der Waals surface area contributed by atoms with Crippen molar-refractivity contribution >= 4 is 11.7 Å². The highest BCUT2D eigenvalue weighted by Gasteiger charge is 2.21. The number of hydrogen-bond acceptors (Lipinski definition) is 7. The molecule has 7 heteroatoms. The highest BCUT2D eigenvalue weighted by atomic mass is 16.6. The molecule has 0 saturated heterocycles. The third-order valence-corrected chi connectivity index (χ3v) is 3.94. The molecule has 2 N–H and O–H groups in total. The Morgan fingerprint density at radius 1 is 1.19 bits per heavy atom. The molecule has 0 aliphatic carbocycles. The second-order valence-corrected chi connectivity index (χ2v) is 6.05. The van der Waals surface area contributed by atoms with Gasteiger partial charge in [-0.2, -0.15) is 0 Å². The number of aromatic nitrogens is 2. The number of esters is 1. The molecule has 0 bridgehead atoms. The van der Waals surface area contributed by atoms with E-state index in [1.165, 1.54) is 0 Å². The number of carbonyl (C=O) groups excluding carboxylic acids is 1. The Kier molecular flexibility index (Phi) is 5.83. The predicted octanol–water partition coefficient (Wildman–Crippen LogP) is 3.37. The van der Waals surface area contributed by atoms with Gasteiger partial charge in [-0.25, -0.2) is 4.79 Å². The largest absolute Gasteiger partial charge is 0.449 e. The number of rotatable bonds is 7. The molecule has 27 heavy (non-hydrogen) atoms. The lowest BCUT2D eigenvalue weighted by Crippen LogP contribution is -2.14. The highest BCUT2D eigenvalue weighted by Crippen LogP contribution is 2.24. The van der Waals surface area contributed by atoms with Gasteiger partial charge in [-0.3, -0.25) is 0 Å². The monoisotopic (exact) mass is 367 g/mol. The second kappa shape index (κ2) is 8.46. The standard InChI is InChI=1S/C20H21N3O4/c1-13-7-9-15(10-8-13)19-23-22-18(27-19)14(2)26-20(25)16-5-3-4-6-17(16)21-11-12-24/h3-10,14,21,24H,11-12H2,1-2H3. The predicted molar refractivity (Wildman–Crippen MR) is 100 cm³/mol. The lowest BCUT2D eigenvalue weighted by Gasteiger charge is -2.13. The van der Waals surface area contributed by atoms with Gasteiger partial charge in [-0.1, -0.05) is 29.8 Å². The Labute approximate surface area is 157 Å². The molecule has 0 spiro atoms. The lowest BCUT2D eigenvalue weighted by molar-refractivity contribution is 0.0281. The maximum absolute atomic E-state index is 12.5. The third-order valence-electron chi connectivity index (χ3n) is 3.94. The van der Waals surface area contributed by atoms with Crippen molar-refractivity contribution < 1.29 is 19.1 Å². The maximum atomic E-state index is 12.5. The molecule has 0 amide bonds. The van der Waals surface area contributed by atoms with E-state index in [-0.39, 0.29) is 12.5 Å². The van der Waals surface area contributed by atoms with Gasteiger partial charge >= 0.3 is 5.97 Å². The first kappa shape index (κ1) is 18.6. The zero-order valence-electron chi connectivity index (χ0n) is 15.2. The van der Waals surface area contributed by atoms with Crippen LogP contribution in [0.2, 0.25) is 0 Å². The van der Waals surface area contributed by atoms with E-state index in [1.807, 2.05) is 31.2 Å². The first-order valence-corrected chi connectivity index (χ1v) is 8.63. The first-order valence-electron chi connectivity index (χ1n) is 8.63. The van der Waals surface area contributed by atoms with Gasteiger partial charge in [0.1, 0.15) is 0 Å². The maximum Gasteiger partial charge on any atom is 0.341 e. The molecule has 0 radical (unpaired) electrons. The summed E-state index contributed by atoms with van der Waals surface area (Å²) in [5, 5.41) is 20.0. The molecule has 3 rings (SSSR count). The van der Waals surface area contributed by atoms with Crippen LogP contribution in [-0.4, -0.2) is 34.4 Å². The SMILES string of the molecule is Cc1ccc(-c2nnc(C(C)OC(=O)c3ccccc3NCCO)o2)cc1. The summed E-state index contributed by atoms with van der Waals surface area (Å²) in [6.07, 6.45) is -0.699. The minimum absolute atomic E-state index is 0.0381. The van der Waals surface area contributed by atoms with Crippen LogP contribution in [0.3, 0.4) is 0 Å². The fourth-order valence-corrected chi connectivity index (χ4v) is 2.49. The van der Waals surface area contributed by atoms with Gasteiger partial charge in [0.15, 0.2) is 6.10 Å². The average Bonchev–Trinajstić information content (AvgIpc) is 3.17. The van der Waals surface area contributed by atoms with Gasteiger partial charge in [-0.05, 0) is 38.1 Å². The number of nitrogens with one attached hydrogen (secondary N) is 1. The van der Waals surface area contributed by atoms with E-state index in [0.29, 0.717) is 23.7 Å². The van der Waals surface area contributed by atoms with E-state index < -0.39 is 12.1 Å². The Morgan fingerprint density at radius 3 is 2.67 bits per heavy atom. The molecule has 7 nitrogen and oxygen atoms in total. The topological polar surface area (TPSA) is 97.5 Å². The molecule has 3 aromatic rings. The number of para-hydroxylation sites is 1. The van der Waals surface area contributed by atoms with Crippen LogP contribution in [0.25, 0.3) is 11.5 Å². The van der Waals surface area contributed by atoms with Crippen LogP contribution in [0.5, 0.6) is 0 Å². The Hall–Kier alpha value is -3.19. The van der Waals surface area contributed by atoms with Crippen molar-refractivity contribution in [2.24, 2.45) is 0 Å². The molecule has 140 valence electrons. The molecule has 0 saturated carbocycles. The summed E-state index contributed by atoms with van der Waals surface area (Å²) in [7, 11) is 0. The van der Waals surface area contributed by atoms with Crippen molar-refractivity contribution in [1.82, 2.24) is 10.2 Å². The Bertz CT molecular complexity index is 906. The normalized spacial score (nSPS) is 11.8. The smallest absolute Gasteiger partial charge is 0.341 e. The number of aliphatic hydroxyl groups excluding tert-OH is 1. The number of nitrogens with zero attached hydrogens (tertiary/aromatic N) is 2. The molecule has 2 aromatic carbocycles. The fraction of sp³-hybridized carbons (Fsp3) is 0.250. The van der Waals surface area contributed by atoms with Gasteiger partial charge in [-0.15, -0.1) is 10.2 Å². The highest BCUT2D eigenvalue weighted by molar-refractivity contribution is 5.95. The van der Waals surface area contributed by atoms with Crippen LogP contribution in [0, 0.1) is 6.92 Å². The van der Waals surface area contributed by atoms with Gasteiger partial charge in [0, 0.05) is 17.8 Å². The van der Waals surface area contributed by atoms with Crippen molar-refractivity contribution in [1.29, 1.82) is 0 Å².